The summed E-state index contributed by atoms with van der Waals surface area (Å²) in [6, 6.07) is 6.97. The first-order valence-corrected chi connectivity index (χ1v) is 9.08. The minimum atomic E-state index is -0.350. The molecule has 1 saturated heterocycles. The van der Waals surface area contributed by atoms with Crippen LogP contribution in [0.5, 0.6) is 5.75 Å². The number of thiazole rings is 1. The lowest BCUT2D eigenvalue weighted by atomic mass is 10.3. The molecule has 146 valence electrons. The van der Waals surface area contributed by atoms with E-state index in [-0.39, 0.29) is 30.8 Å². The second kappa shape index (κ2) is 10.2. The summed E-state index contributed by atoms with van der Waals surface area (Å²) in [4.78, 5) is 30.4. The van der Waals surface area contributed by atoms with Gasteiger partial charge in [0.15, 0.2) is 6.61 Å². The van der Waals surface area contributed by atoms with Gasteiger partial charge in [0.05, 0.1) is 18.9 Å². The number of ether oxygens (including phenoxy) is 2. The molecule has 8 nitrogen and oxygen atoms in total. The molecule has 2 aromatic rings. The van der Waals surface area contributed by atoms with Gasteiger partial charge in [-0.05, 0) is 12.1 Å². The summed E-state index contributed by atoms with van der Waals surface area (Å²) in [5.41, 5.74) is 6.30. The SMILES string of the molecule is Cl.NCc1nc(C(=O)Nc2ccccc2OCC(=O)N2CCOCC2)cs1. The number of hydrogen-bond donors (Lipinski definition) is 2. The Morgan fingerprint density at radius 1 is 1.30 bits per heavy atom. The van der Waals surface area contributed by atoms with Gasteiger partial charge in [-0.25, -0.2) is 4.98 Å². The molecule has 3 N–H and O–H groups in total. The highest BCUT2D eigenvalue weighted by Crippen LogP contribution is 2.24. The minimum absolute atomic E-state index is 0. The van der Waals surface area contributed by atoms with Crippen LogP contribution in [0.1, 0.15) is 15.5 Å². The molecule has 3 rings (SSSR count). The van der Waals surface area contributed by atoms with Crippen LogP contribution in [-0.2, 0) is 16.1 Å². The summed E-state index contributed by atoms with van der Waals surface area (Å²) >= 11 is 1.33. The standard InChI is InChI=1S/C17H20N4O4S.ClH/c18-9-15-19-13(11-26-15)17(23)20-12-3-1-2-4-14(12)25-10-16(22)21-5-7-24-8-6-21;/h1-4,11H,5-10,18H2,(H,20,23);1H. The first kappa shape index (κ1) is 21.1. The van der Waals surface area contributed by atoms with E-state index in [9.17, 15) is 9.59 Å². The van der Waals surface area contributed by atoms with Crippen LogP contribution in [0.4, 0.5) is 5.69 Å². The fourth-order valence-electron chi connectivity index (χ4n) is 2.43. The number of morpholine rings is 1. The van der Waals surface area contributed by atoms with Crippen molar-refractivity contribution < 1.29 is 19.1 Å². The second-order valence-corrected chi connectivity index (χ2v) is 6.51. The number of carbonyl (C=O) groups is 2. The van der Waals surface area contributed by atoms with Crippen LogP contribution in [0.15, 0.2) is 29.6 Å². The topological polar surface area (TPSA) is 107 Å². The molecule has 1 aromatic carbocycles. The summed E-state index contributed by atoms with van der Waals surface area (Å²) in [6.45, 7) is 2.40. The van der Waals surface area contributed by atoms with Crippen LogP contribution < -0.4 is 15.8 Å². The maximum atomic E-state index is 12.3. The minimum Gasteiger partial charge on any atom is -0.482 e. The Morgan fingerprint density at radius 3 is 2.74 bits per heavy atom. The number of nitrogens with zero attached hydrogens (tertiary/aromatic N) is 2. The third kappa shape index (κ3) is 5.64. The molecular weight excluding hydrogens is 392 g/mol. The maximum Gasteiger partial charge on any atom is 0.275 e. The highest BCUT2D eigenvalue weighted by atomic mass is 35.5. The Morgan fingerprint density at radius 2 is 2.04 bits per heavy atom. The van der Waals surface area contributed by atoms with Gasteiger partial charge >= 0.3 is 0 Å². The van der Waals surface area contributed by atoms with E-state index in [4.69, 9.17) is 15.2 Å². The van der Waals surface area contributed by atoms with Crippen molar-refractivity contribution in [3.05, 3.63) is 40.3 Å². The Hall–Kier alpha value is -2.20. The van der Waals surface area contributed by atoms with Gasteiger partial charge in [0.25, 0.3) is 11.8 Å². The molecule has 1 fully saturated rings. The molecule has 0 atom stereocenters. The monoisotopic (exact) mass is 412 g/mol. The number of halogens is 1. The van der Waals surface area contributed by atoms with E-state index in [0.717, 1.165) is 0 Å². The number of benzene rings is 1. The Bertz CT molecular complexity index is 780. The van der Waals surface area contributed by atoms with Gasteiger partial charge in [-0.3, -0.25) is 9.59 Å². The normalized spacial score (nSPS) is 13.6. The number of amides is 2. The molecule has 0 bridgehead atoms. The molecule has 0 aliphatic carbocycles. The van der Waals surface area contributed by atoms with Gasteiger partial charge in [0.1, 0.15) is 16.5 Å². The van der Waals surface area contributed by atoms with Crippen LogP contribution in [-0.4, -0.2) is 54.6 Å². The van der Waals surface area contributed by atoms with E-state index in [0.29, 0.717) is 55.0 Å². The zero-order chi connectivity index (χ0) is 18.4. The van der Waals surface area contributed by atoms with E-state index in [1.165, 1.54) is 11.3 Å². The largest absolute Gasteiger partial charge is 0.482 e. The number of rotatable bonds is 6. The van der Waals surface area contributed by atoms with Gasteiger partial charge < -0.3 is 25.4 Å². The Kier molecular flexibility index (Phi) is 7.99. The average molecular weight is 413 g/mol. The molecule has 0 spiro atoms. The lowest BCUT2D eigenvalue weighted by Gasteiger charge is -2.26. The number of para-hydroxylation sites is 2. The van der Waals surface area contributed by atoms with Crippen LogP contribution in [0.2, 0.25) is 0 Å². The molecule has 27 heavy (non-hydrogen) atoms. The number of carbonyl (C=O) groups excluding carboxylic acids is 2. The van der Waals surface area contributed by atoms with Crippen molar-refractivity contribution in [3.8, 4) is 5.75 Å². The Labute approximate surface area is 167 Å². The number of nitrogens with one attached hydrogen (secondary N) is 1. The molecule has 0 unspecified atom stereocenters. The van der Waals surface area contributed by atoms with Crippen molar-refractivity contribution in [2.75, 3.05) is 38.2 Å². The first-order chi connectivity index (χ1) is 12.7. The molecule has 10 heteroatoms. The van der Waals surface area contributed by atoms with Gasteiger partial charge in [-0.1, -0.05) is 12.1 Å². The first-order valence-electron chi connectivity index (χ1n) is 8.20. The molecule has 2 amide bonds. The molecule has 0 radical (unpaired) electrons. The second-order valence-electron chi connectivity index (χ2n) is 5.56. The lowest BCUT2D eigenvalue weighted by molar-refractivity contribution is -0.137. The molecule has 1 aliphatic heterocycles. The van der Waals surface area contributed by atoms with Crippen molar-refractivity contribution in [1.29, 1.82) is 0 Å². The van der Waals surface area contributed by atoms with E-state index in [1.807, 2.05) is 0 Å². The van der Waals surface area contributed by atoms with Crippen LogP contribution in [0, 0.1) is 0 Å². The highest BCUT2D eigenvalue weighted by molar-refractivity contribution is 7.09. The lowest BCUT2D eigenvalue weighted by Crippen LogP contribution is -2.43. The summed E-state index contributed by atoms with van der Waals surface area (Å²) < 4.78 is 10.9. The zero-order valence-corrected chi connectivity index (χ0v) is 16.2. The van der Waals surface area contributed by atoms with Gasteiger partial charge in [0, 0.05) is 25.0 Å². The highest BCUT2D eigenvalue weighted by Gasteiger charge is 2.18. The van der Waals surface area contributed by atoms with E-state index in [2.05, 4.69) is 10.3 Å². The van der Waals surface area contributed by atoms with Gasteiger partial charge in [-0.15, -0.1) is 23.7 Å². The fraction of sp³-hybridized carbons (Fsp3) is 0.353. The smallest absolute Gasteiger partial charge is 0.275 e. The van der Waals surface area contributed by atoms with Crippen molar-refractivity contribution >= 4 is 41.2 Å². The van der Waals surface area contributed by atoms with Crippen molar-refractivity contribution in [2.24, 2.45) is 5.73 Å². The van der Waals surface area contributed by atoms with Crippen LogP contribution in [0.3, 0.4) is 0 Å². The van der Waals surface area contributed by atoms with Crippen molar-refractivity contribution in [3.63, 3.8) is 0 Å². The third-order valence-corrected chi connectivity index (χ3v) is 4.68. The summed E-state index contributed by atoms with van der Waals surface area (Å²) in [6.07, 6.45) is 0. The molecule has 1 aromatic heterocycles. The molecule has 2 heterocycles. The number of nitrogens with two attached hydrogens (primary N) is 1. The molecular formula is C17H21ClN4O4S. The van der Waals surface area contributed by atoms with Gasteiger partial charge in [-0.2, -0.15) is 0 Å². The number of hydrogen-bond acceptors (Lipinski definition) is 7. The predicted molar refractivity (Wildman–Crippen MR) is 105 cm³/mol. The van der Waals surface area contributed by atoms with E-state index < -0.39 is 0 Å². The van der Waals surface area contributed by atoms with Crippen molar-refractivity contribution in [1.82, 2.24) is 9.88 Å². The van der Waals surface area contributed by atoms with Crippen molar-refractivity contribution in [2.45, 2.75) is 6.54 Å². The fourth-order valence-corrected chi connectivity index (χ4v) is 3.09. The number of anilines is 1. The zero-order valence-electron chi connectivity index (χ0n) is 14.6. The summed E-state index contributed by atoms with van der Waals surface area (Å²) in [5.74, 6) is -0.0326. The molecule has 1 aliphatic rings. The molecule has 0 saturated carbocycles. The Balaban J connectivity index is 0.00000261. The maximum absolute atomic E-state index is 12.3. The summed E-state index contributed by atoms with van der Waals surface area (Å²) in [7, 11) is 0. The van der Waals surface area contributed by atoms with Crippen LogP contribution in [0.25, 0.3) is 0 Å². The third-order valence-electron chi connectivity index (χ3n) is 3.81. The summed E-state index contributed by atoms with van der Waals surface area (Å²) in [5, 5.41) is 5.11. The van der Waals surface area contributed by atoms with Crippen LogP contribution >= 0.6 is 23.7 Å². The van der Waals surface area contributed by atoms with E-state index >= 15 is 0 Å². The average Bonchev–Trinajstić information content (AvgIpc) is 3.17. The quantitative estimate of drug-likeness (QED) is 0.744. The van der Waals surface area contributed by atoms with E-state index in [1.54, 1.807) is 34.5 Å². The predicted octanol–water partition coefficient (Wildman–Crippen LogP) is 1.51. The van der Waals surface area contributed by atoms with Gasteiger partial charge in [0.2, 0.25) is 0 Å². The number of aromatic nitrogens is 1.